The third-order valence-corrected chi connectivity index (χ3v) is 5.75. The first-order chi connectivity index (χ1) is 11.8. The minimum Gasteiger partial charge on any atom is -0.508 e. The number of phenolic OH excluding ortho intramolecular Hbond substituents is 1. The summed E-state index contributed by atoms with van der Waals surface area (Å²) in [5.74, 6) is 1.24. The molecule has 1 saturated carbocycles. The van der Waals surface area contributed by atoms with E-state index >= 15 is 0 Å². The fourth-order valence-corrected chi connectivity index (χ4v) is 4.35. The van der Waals surface area contributed by atoms with E-state index in [1.165, 1.54) is 38.6 Å². The molecule has 1 aliphatic heterocycles. The highest BCUT2D eigenvalue weighted by Crippen LogP contribution is 2.27. The molecule has 1 aliphatic carbocycles. The summed E-state index contributed by atoms with van der Waals surface area (Å²) in [6.45, 7) is 5.37. The number of aliphatic hydroxyl groups excluding tert-OH is 1. The molecule has 2 aliphatic rings. The molecular formula is C20H32N2O2. The van der Waals surface area contributed by atoms with Crippen molar-refractivity contribution in [1.29, 1.82) is 0 Å². The third kappa shape index (κ3) is 4.71. The maximum absolute atomic E-state index is 10.0. The minimum absolute atomic E-state index is 0.260. The van der Waals surface area contributed by atoms with E-state index in [4.69, 9.17) is 0 Å². The summed E-state index contributed by atoms with van der Waals surface area (Å²) in [7, 11) is 0. The predicted molar refractivity (Wildman–Crippen MR) is 97.0 cm³/mol. The van der Waals surface area contributed by atoms with Crippen LogP contribution in [-0.2, 0) is 6.54 Å². The van der Waals surface area contributed by atoms with Crippen LogP contribution in [-0.4, -0.2) is 58.8 Å². The normalized spacial score (nSPS) is 24.3. The topological polar surface area (TPSA) is 46.9 Å². The van der Waals surface area contributed by atoms with Crippen molar-refractivity contribution in [3.05, 3.63) is 29.8 Å². The molecule has 4 nitrogen and oxygen atoms in total. The molecule has 0 aromatic heterocycles. The Morgan fingerprint density at radius 3 is 2.58 bits per heavy atom. The Labute approximate surface area is 146 Å². The number of nitrogens with zero attached hydrogens (tertiary/aromatic N) is 2. The van der Waals surface area contributed by atoms with Gasteiger partial charge in [0.1, 0.15) is 5.75 Å². The van der Waals surface area contributed by atoms with Crippen molar-refractivity contribution in [1.82, 2.24) is 9.80 Å². The summed E-state index contributed by atoms with van der Waals surface area (Å²) in [6.07, 6.45) is 7.80. The molecule has 134 valence electrons. The number of rotatable bonds is 6. The molecule has 1 saturated heterocycles. The molecule has 2 fully saturated rings. The van der Waals surface area contributed by atoms with Crippen molar-refractivity contribution in [2.24, 2.45) is 5.92 Å². The monoisotopic (exact) mass is 332 g/mol. The van der Waals surface area contributed by atoms with E-state index in [0.717, 1.165) is 44.1 Å². The Balaban J connectivity index is 1.57. The van der Waals surface area contributed by atoms with Crippen molar-refractivity contribution >= 4 is 0 Å². The van der Waals surface area contributed by atoms with Crippen LogP contribution in [0.2, 0.25) is 0 Å². The molecule has 0 spiro atoms. The largest absolute Gasteiger partial charge is 0.508 e. The Bertz CT molecular complexity index is 502. The first-order valence-electron chi connectivity index (χ1n) is 9.60. The van der Waals surface area contributed by atoms with Crippen LogP contribution >= 0.6 is 0 Å². The van der Waals surface area contributed by atoms with Gasteiger partial charge in [-0.05, 0) is 31.2 Å². The van der Waals surface area contributed by atoms with Gasteiger partial charge >= 0.3 is 0 Å². The number of phenols is 1. The van der Waals surface area contributed by atoms with Gasteiger partial charge in [0, 0.05) is 50.9 Å². The standard InChI is InChI=1S/C20H32N2O2/c23-13-10-19-16-21(15-18-8-4-5-9-20(18)24)11-12-22(19)14-17-6-2-1-3-7-17/h4-5,8-9,17,19,23-24H,1-3,6-7,10-16H2/t19-/m0/s1. The van der Waals surface area contributed by atoms with Crippen LogP contribution in [0.4, 0.5) is 0 Å². The number of hydrogen-bond donors (Lipinski definition) is 2. The van der Waals surface area contributed by atoms with Gasteiger partial charge in [0.15, 0.2) is 0 Å². The van der Waals surface area contributed by atoms with Crippen molar-refractivity contribution < 1.29 is 10.2 Å². The van der Waals surface area contributed by atoms with Crippen LogP contribution in [0.5, 0.6) is 5.75 Å². The van der Waals surface area contributed by atoms with Crippen LogP contribution < -0.4 is 0 Å². The zero-order valence-corrected chi connectivity index (χ0v) is 14.7. The molecule has 1 atom stereocenters. The number of aromatic hydroxyl groups is 1. The summed E-state index contributed by atoms with van der Waals surface area (Å²) in [5, 5.41) is 19.5. The van der Waals surface area contributed by atoms with Crippen molar-refractivity contribution in [3.8, 4) is 5.75 Å². The van der Waals surface area contributed by atoms with Crippen molar-refractivity contribution in [3.63, 3.8) is 0 Å². The van der Waals surface area contributed by atoms with Gasteiger partial charge in [-0.3, -0.25) is 9.80 Å². The highest BCUT2D eigenvalue weighted by atomic mass is 16.3. The van der Waals surface area contributed by atoms with Crippen molar-refractivity contribution in [2.45, 2.75) is 51.1 Å². The Morgan fingerprint density at radius 2 is 1.83 bits per heavy atom. The average Bonchev–Trinajstić information content (AvgIpc) is 2.60. The van der Waals surface area contributed by atoms with E-state index in [-0.39, 0.29) is 6.61 Å². The fourth-order valence-electron chi connectivity index (χ4n) is 4.35. The lowest BCUT2D eigenvalue weighted by molar-refractivity contribution is 0.0397. The van der Waals surface area contributed by atoms with E-state index in [0.29, 0.717) is 11.8 Å². The number of piperazine rings is 1. The van der Waals surface area contributed by atoms with Crippen molar-refractivity contribution in [2.75, 3.05) is 32.8 Å². The molecule has 0 amide bonds. The van der Waals surface area contributed by atoms with Gasteiger partial charge in [-0.1, -0.05) is 37.5 Å². The quantitative estimate of drug-likeness (QED) is 0.841. The first kappa shape index (κ1) is 17.7. The summed E-state index contributed by atoms with van der Waals surface area (Å²) < 4.78 is 0. The lowest BCUT2D eigenvalue weighted by Gasteiger charge is -2.43. The zero-order valence-electron chi connectivity index (χ0n) is 14.7. The second-order valence-corrected chi connectivity index (χ2v) is 7.53. The van der Waals surface area contributed by atoms with E-state index in [2.05, 4.69) is 9.80 Å². The highest BCUT2D eigenvalue weighted by molar-refractivity contribution is 5.31. The van der Waals surface area contributed by atoms with Crippen LogP contribution in [0, 0.1) is 5.92 Å². The molecule has 0 bridgehead atoms. The SMILES string of the molecule is OCC[C@H]1CN(Cc2ccccc2O)CCN1CC1CCCCC1. The van der Waals surface area contributed by atoms with E-state index in [1.54, 1.807) is 6.07 Å². The fraction of sp³-hybridized carbons (Fsp3) is 0.700. The first-order valence-corrected chi connectivity index (χ1v) is 9.60. The van der Waals surface area contributed by atoms with E-state index in [1.807, 2.05) is 18.2 Å². The molecule has 0 unspecified atom stereocenters. The molecule has 0 radical (unpaired) electrons. The third-order valence-electron chi connectivity index (χ3n) is 5.75. The Hall–Kier alpha value is -1.10. The molecule has 1 heterocycles. The number of aliphatic hydroxyl groups is 1. The maximum Gasteiger partial charge on any atom is 0.120 e. The number of hydrogen-bond acceptors (Lipinski definition) is 4. The van der Waals surface area contributed by atoms with E-state index < -0.39 is 0 Å². The summed E-state index contributed by atoms with van der Waals surface area (Å²) in [6, 6.07) is 8.07. The minimum atomic E-state index is 0.260. The van der Waals surface area contributed by atoms with Gasteiger partial charge in [0.05, 0.1) is 0 Å². The average molecular weight is 332 g/mol. The molecule has 3 rings (SSSR count). The molecular weight excluding hydrogens is 300 g/mol. The molecule has 2 N–H and O–H groups in total. The second kappa shape index (κ2) is 8.84. The molecule has 4 heteroatoms. The predicted octanol–water partition coefficient (Wildman–Crippen LogP) is 2.84. The maximum atomic E-state index is 10.0. The van der Waals surface area contributed by atoms with Gasteiger partial charge in [0.2, 0.25) is 0 Å². The lowest BCUT2D eigenvalue weighted by Crippen LogP contribution is -2.54. The summed E-state index contributed by atoms with van der Waals surface area (Å²) >= 11 is 0. The van der Waals surface area contributed by atoms with Gasteiger partial charge in [-0.25, -0.2) is 0 Å². The lowest BCUT2D eigenvalue weighted by atomic mass is 9.88. The van der Waals surface area contributed by atoms with Crippen LogP contribution in [0.15, 0.2) is 24.3 Å². The van der Waals surface area contributed by atoms with Gasteiger partial charge in [0.25, 0.3) is 0 Å². The van der Waals surface area contributed by atoms with Crippen LogP contribution in [0.25, 0.3) is 0 Å². The van der Waals surface area contributed by atoms with Gasteiger partial charge in [-0.15, -0.1) is 0 Å². The van der Waals surface area contributed by atoms with Gasteiger partial charge in [-0.2, -0.15) is 0 Å². The number of benzene rings is 1. The van der Waals surface area contributed by atoms with Gasteiger partial charge < -0.3 is 10.2 Å². The van der Waals surface area contributed by atoms with E-state index in [9.17, 15) is 10.2 Å². The van der Waals surface area contributed by atoms with Crippen LogP contribution in [0.1, 0.15) is 44.1 Å². The molecule has 1 aromatic rings. The summed E-state index contributed by atoms with van der Waals surface area (Å²) in [4.78, 5) is 5.04. The summed E-state index contributed by atoms with van der Waals surface area (Å²) in [5.41, 5.74) is 1.00. The number of para-hydroxylation sites is 1. The second-order valence-electron chi connectivity index (χ2n) is 7.53. The molecule has 24 heavy (non-hydrogen) atoms. The molecule has 1 aromatic carbocycles. The Kier molecular flexibility index (Phi) is 6.52. The zero-order chi connectivity index (χ0) is 16.8. The smallest absolute Gasteiger partial charge is 0.120 e. The van der Waals surface area contributed by atoms with Crippen LogP contribution in [0.3, 0.4) is 0 Å². The Morgan fingerprint density at radius 1 is 1.04 bits per heavy atom. The highest BCUT2D eigenvalue weighted by Gasteiger charge is 2.29.